The van der Waals surface area contributed by atoms with Crippen molar-refractivity contribution in [3.05, 3.63) is 137 Å². The monoisotopic (exact) mass is 651 g/mol. The predicted molar refractivity (Wildman–Crippen MR) is 176 cm³/mol. The van der Waals surface area contributed by atoms with Gasteiger partial charge in [0.25, 0.3) is 11.2 Å². The van der Waals surface area contributed by atoms with Crippen LogP contribution in [-0.2, 0) is 9.53 Å². The van der Waals surface area contributed by atoms with Gasteiger partial charge in [-0.2, -0.15) is 0 Å². The molecule has 0 bridgehead atoms. The number of nitro benzene ring substituents is 1. The van der Waals surface area contributed by atoms with Crippen LogP contribution in [0.25, 0.3) is 23.1 Å². The maximum atomic E-state index is 14.2. The second kappa shape index (κ2) is 12.9. The standard InChI is InChI=1S/C35H29N3O8S/c1-5-45-34(40)30-31(21-9-7-6-8-10-21)36-35-37(32(30)22-12-15-27(43-3)28(17-22)44-4)33(39)29(47-35)19-24-14-16-26(46-24)25-18-23(38(41)42)13-11-20(25)2/h6-19,32H,5H2,1-4H3/b29-19-/t32-/m1/s1. The highest BCUT2D eigenvalue weighted by molar-refractivity contribution is 7.07. The van der Waals surface area contributed by atoms with Crippen molar-refractivity contribution in [3.8, 4) is 22.8 Å². The third-order valence-electron chi connectivity index (χ3n) is 7.69. The normalized spacial score (nSPS) is 14.4. The Morgan fingerprint density at radius 3 is 2.51 bits per heavy atom. The molecule has 0 saturated heterocycles. The summed E-state index contributed by atoms with van der Waals surface area (Å²) in [4.78, 5) is 44.1. The van der Waals surface area contributed by atoms with E-state index < -0.39 is 22.5 Å². The van der Waals surface area contributed by atoms with E-state index in [2.05, 4.69) is 0 Å². The number of nitro groups is 1. The van der Waals surface area contributed by atoms with Gasteiger partial charge in [0.2, 0.25) is 0 Å². The van der Waals surface area contributed by atoms with Crippen molar-refractivity contribution in [3.63, 3.8) is 0 Å². The molecule has 0 amide bonds. The number of thiazole rings is 1. The largest absolute Gasteiger partial charge is 0.493 e. The van der Waals surface area contributed by atoms with Gasteiger partial charge in [0.15, 0.2) is 16.3 Å². The molecule has 3 aromatic carbocycles. The lowest BCUT2D eigenvalue weighted by atomic mass is 9.93. The highest BCUT2D eigenvalue weighted by Crippen LogP contribution is 2.38. The van der Waals surface area contributed by atoms with E-state index >= 15 is 0 Å². The Hall–Kier alpha value is -5.75. The Morgan fingerprint density at radius 2 is 1.81 bits per heavy atom. The molecule has 47 heavy (non-hydrogen) atoms. The third-order valence-corrected chi connectivity index (χ3v) is 8.68. The van der Waals surface area contributed by atoms with E-state index in [1.54, 1.807) is 49.4 Å². The second-order valence-corrected chi connectivity index (χ2v) is 11.5. The molecule has 1 aliphatic rings. The van der Waals surface area contributed by atoms with Crippen LogP contribution in [0.15, 0.2) is 98.6 Å². The fourth-order valence-electron chi connectivity index (χ4n) is 5.47. The molecule has 2 aromatic heterocycles. The maximum absolute atomic E-state index is 14.2. The summed E-state index contributed by atoms with van der Waals surface area (Å²) >= 11 is 1.15. The molecule has 0 radical (unpaired) electrons. The first-order chi connectivity index (χ1) is 22.7. The number of carbonyl (C=O) groups excluding carboxylic acids is 1. The summed E-state index contributed by atoms with van der Waals surface area (Å²) < 4.78 is 24.4. The van der Waals surface area contributed by atoms with E-state index in [0.29, 0.717) is 54.7 Å². The molecule has 0 spiro atoms. The van der Waals surface area contributed by atoms with Crippen molar-refractivity contribution in [1.82, 2.24) is 4.57 Å². The minimum Gasteiger partial charge on any atom is -0.493 e. The van der Waals surface area contributed by atoms with Crippen molar-refractivity contribution < 1.29 is 28.3 Å². The van der Waals surface area contributed by atoms with Gasteiger partial charge in [-0.05, 0) is 49.2 Å². The Balaban J connectivity index is 1.57. The molecular formula is C35H29N3O8S. The molecule has 12 heteroatoms. The summed E-state index contributed by atoms with van der Waals surface area (Å²) in [7, 11) is 3.04. The van der Waals surface area contributed by atoms with Gasteiger partial charge < -0.3 is 18.6 Å². The van der Waals surface area contributed by atoms with Crippen LogP contribution in [0.3, 0.4) is 0 Å². The highest BCUT2D eigenvalue weighted by atomic mass is 32.1. The van der Waals surface area contributed by atoms with Crippen molar-refractivity contribution in [1.29, 1.82) is 0 Å². The lowest BCUT2D eigenvalue weighted by Gasteiger charge is -2.26. The third kappa shape index (κ3) is 5.86. The van der Waals surface area contributed by atoms with Crippen molar-refractivity contribution in [2.45, 2.75) is 19.9 Å². The maximum Gasteiger partial charge on any atom is 0.338 e. The summed E-state index contributed by atoms with van der Waals surface area (Å²) in [5.41, 5.74) is 2.77. The first-order valence-electron chi connectivity index (χ1n) is 14.6. The summed E-state index contributed by atoms with van der Waals surface area (Å²) in [6, 6.07) is 21.5. The second-order valence-electron chi connectivity index (χ2n) is 10.5. The van der Waals surface area contributed by atoms with Crippen LogP contribution < -0.4 is 24.4 Å². The van der Waals surface area contributed by atoms with Gasteiger partial charge in [0.1, 0.15) is 11.5 Å². The van der Waals surface area contributed by atoms with Gasteiger partial charge in [0.05, 0.1) is 47.6 Å². The van der Waals surface area contributed by atoms with Crippen molar-refractivity contribution in [2.75, 3.05) is 20.8 Å². The average molecular weight is 652 g/mol. The van der Waals surface area contributed by atoms with Gasteiger partial charge in [-0.3, -0.25) is 19.5 Å². The molecule has 0 fully saturated rings. The lowest BCUT2D eigenvalue weighted by Crippen LogP contribution is -2.40. The fourth-order valence-corrected chi connectivity index (χ4v) is 6.45. The zero-order valence-corrected chi connectivity index (χ0v) is 26.7. The van der Waals surface area contributed by atoms with E-state index in [9.17, 15) is 19.7 Å². The van der Waals surface area contributed by atoms with Gasteiger partial charge >= 0.3 is 5.97 Å². The molecule has 3 heterocycles. The molecule has 238 valence electrons. The van der Waals surface area contributed by atoms with Crippen LogP contribution >= 0.6 is 11.3 Å². The van der Waals surface area contributed by atoms with Crippen LogP contribution in [0.5, 0.6) is 11.5 Å². The minimum atomic E-state index is -0.915. The zero-order chi connectivity index (χ0) is 33.2. The lowest BCUT2D eigenvalue weighted by molar-refractivity contribution is -0.384. The molecule has 5 aromatic rings. The molecule has 0 saturated carbocycles. The van der Waals surface area contributed by atoms with Gasteiger partial charge in [-0.15, -0.1) is 0 Å². The number of methoxy groups -OCH3 is 2. The summed E-state index contributed by atoms with van der Waals surface area (Å²) in [6.07, 6.45) is 1.60. The number of hydrogen-bond acceptors (Lipinski definition) is 10. The molecule has 11 nitrogen and oxygen atoms in total. The van der Waals surface area contributed by atoms with Gasteiger partial charge in [-0.1, -0.05) is 53.8 Å². The average Bonchev–Trinajstić information content (AvgIpc) is 3.67. The Morgan fingerprint density at radius 1 is 1.04 bits per heavy atom. The quantitative estimate of drug-likeness (QED) is 0.117. The molecule has 1 atom stereocenters. The number of nitrogens with zero attached hydrogens (tertiary/aromatic N) is 3. The zero-order valence-electron chi connectivity index (χ0n) is 25.9. The Kier molecular flexibility index (Phi) is 8.59. The number of esters is 1. The molecule has 0 aliphatic carbocycles. The number of furan rings is 1. The molecule has 1 aliphatic heterocycles. The van der Waals surface area contributed by atoms with E-state index in [4.69, 9.17) is 23.6 Å². The number of fused-ring (bicyclic) bond motifs is 1. The first-order valence-corrected chi connectivity index (χ1v) is 15.4. The number of non-ortho nitro benzene ring substituents is 1. The topological polar surface area (TPSA) is 135 Å². The number of rotatable bonds is 9. The summed E-state index contributed by atoms with van der Waals surface area (Å²) in [5.74, 6) is 1.10. The van der Waals surface area contributed by atoms with Crippen LogP contribution in [0.2, 0.25) is 0 Å². The van der Waals surface area contributed by atoms with Crippen LogP contribution in [0, 0.1) is 17.0 Å². The van der Waals surface area contributed by atoms with Crippen LogP contribution in [0.4, 0.5) is 5.69 Å². The van der Waals surface area contributed by atoms with Crippen molar-refractivity contribution in [2.24, 2.45) is 4.99 Å². The van der Waals surface area contributed by atoms with Gasteiger partial charge in [-0.25, -0.2) is 9.79 Å². The molecule has 0 N–H and O–H groups in total. The molecule has 6 rings (SSSR count). The first kappa shape index (κ1) is 31.2. The summed E-state index contributed by atoms with van der Waals surface area (Å²) in [5, 5.41) is 11.4. The number of hydrogen-bond donors (Lipinski definition) is 0. The Bertz CT molecular complexity index is 2230. The number of carbonyl (C=O) groups is 1. The van der Waals surface area contributed by atoms with E-state index in [1.165, 1.54) is 30.9 Å². The van der Waals surface area contributed by atoms with E-state index in [1.807, 2.05) is 37.3 Å². The SMILES string of the molecule is CCOC(=O)C1=C(c2ccccc2)N=c2s/c(=C\c3ccc(-c4cc([N+](=O)[O-])ccc4C)o3)c(=O)n2[C@@H]1c1ccc(OC)c(OC)c1. The fraction of sp³-hybridized carbons (Fsp3) is 0.171. The predicted octanol–water partition coefficient (Wildman–Crippen LogP) is 5.43. The Labute approximate surface area is 272 Å². The number of aromatic nitrogens is 1. The highest BCUT2D eigenvalue weighted by Gasteiger charge is 2.35. The number of aryl methyl sites for hydroxylation is 1. The molecular weight excluding hydrogens is 622 g/mol. The summed E-state index contributed by atoms with van der Waals surface area (Å²) in [6.45, 7) is 3.67. The van der Waals surface area contributed by atoms with E-state index in [0.717, 1.165) is 16.9 Å². The van der Waals surface area contributed by atoms with Gasteiger partial charge in [0, 0.05) is 29.3 Å². The molecule has 0 unspecified atom stereocenters. The van der Waals surface area contributed by atoms with Crippen molar-refractivity contribution >= 4 is 34.8 Å². The number of ether oxygens (including phenoxy) is 3. The van der Waals surface area contributed by atoms with Crippen LogP contribution in [-0.4, -0.2) is 36.3 Å². The van der Waals surface area contributed by atoms with E-state index in [-0.39, 0.29) is 17.9 Å². The van der Waals surface area contributed by atoms with Crippen LogP contribution in [0.1, 0.15) is 35.4 Å². The number of benzene rings is 3. The smallest absolute Gasteiger partial charge is 0.338 e. The minimum absolute atomic E-state index is 0.0568.